The van der Waals surface area contributed by atoms with Gasteiger partial charge in [-0.1, -0.05) is 11.6 Å². The molecule has 2 rings (SSSR count). The van der Waals surface area contributed by atoms with Gasteiger partial charge < -0.3 is 16.2 Å². The molecule has 10 nitrogen and oxygen atoms in total. The molecule has 0 saturated heterocycles. The third kappa shape index (κ3) is 7.36. The highest BCUT2D eigenvalue weighted by atomic mass is 35.5. The fourth-order valence-electron chi connectivity index (χ4n) is 2.43. The van der Waals surface area contributed by atoms with Gasteiger partial charge in [0.2, 0.25) is 11.5 Å². The van der Waals surface area contributed by atoms with E-state index >= 15 is 0 Å². The monoisotopic (exact) mass is 474 g/mol. The fraction of sp³-hybridized carbons (Fsp3) is 0.222. The van der Waals surface area contributed by atoms with Crippen molar-refractivity contribution in [2.24, 2.45) is 16.5 Å². The zero-order chi connectivity index (χ0) is 23.7. The Labute approximate surface area is 184 Å². The molecule has 0 heterocycles. The van der Waals surface area contributed by atoms with Crippen LogP contribution in [0.25, 0.3) is 0 Å². The molecule has 0 saturated carbocycles. The largest absolute Gasteiger partial charge is 0.454 e. The third-order valence-electron chi connectivity index (χ3n) is 3.91. The van der Waals surface area contributed by atoms with E-state index in [0.717, 1.165) is 18.2 Å². The fourth-order valence-corrected chi connectivity index (χ4v) is 3.80. The molecule has 0 radical (unpaired) electrons. The standard InChI is InChI=1S/C18H21ClFN5O5S/c19-11-3-5-12(6-4-11)30-16-8-7-13(10-14(16)20)31(28,29)25-15(17(26)24-27)2-1-9-23-18(21)22/h3-8,10,15,25,27H,1-2,9H2,(H,24,26)(H4,21,22,23)/t15-/m0/s1/i/hD. The molecule has 13 heteroatoms. The number of carbonyl (C=O) groups excluding carboxylic acids is 1. The smallest absolute Gasteiger partial charge is 0.261 e. The van der Waals surface area contributed by atoms with Gasteiger partial charge in [-0.15, -0.1) is 0 Å². The van der Waals surface area contributed by atoms with Crippen molar-refractivity contribution < 1.29 is 29.0 Å². The van der Waals surface area contributed by atoms with Gasteiger partial charge in [0, 0.05) is 11.6 Å². The van der Waals surface area contributed by atoms with Crippen molar-refractivity contribution in [2.75, 3.05) is 6.54 Å². The van der Waals surface area contributed by atoms with Gasteiger partial charge in [0.05, 0.1) is 4.90 Å². The summed E-state index contributed by atoms with van der Waals surface area (Å²) < 4.78 is 54.0. The Morgan fingerprint density at radius 2 is 2.00 bits per heavy atom. The van der Waals surface area contributed by atoms with E-state index in [2.05, 4.69) is 14.9 Å². The Bertz CT molecular complexity index is 1070. The molecule has 0 unspecified atom stereocenters. The number of carbonyl (C=O) groups is 1. The number of hydrogen-bond donors (Lipinski definition) is 5. The molecule has 1 amide bonds. The number of ether oxygens (including phenoxy) is 1. The molecule has 0 bridgehead atoms. The van der Waals surface area contributed by atoms with Gasteiger partial charge in [-0.3, -0.25) is 15.0 Å². The zero-order valence-electron chi connectivity index (χ0n) is 17.0. The number of nitrogens with zero attached hydrogens (tertiary/aromatic N) is 1. The number of nitrogens with one attached hydrogen (secondary N) is 2. The quantitative estimate of drug-likeness (QED) is 0.108. The molecular weight excluding hydrogens is 453 g/mol. The summed E-state index contributed by atoms with van der Waals surface area (Å²) in [5, 5.41) is 4.28. The average molecular weight is 475 g/mol. The Balaban J connectivity index is 2.16. The van der Waals surface area contributed by atoms with Gasteiger partial charge in [0.15, 0.2) is 17.5 Å². The molecule has 0 aliphatic heterocycles. The number of sulfonamides is 1. The first-order valence-electron chi connectivity index (χ1n) is 9.26. The molecule has 31 heavy (non-hydrogen) atoms. The lowest BCUT2D eigenvalue weighted by atomic mass is 10.1. The van der Waals surface area contributed by atoms with Crippen LogP contribution in [0.5, 0.6) is 11.5 Å². The minimum atomic E-state index is -4.32. The first kappa shape index (κ1) is 22.7. The van der Waals surface area contributed by atoms with Gasteiger partial charge in [0.1, 0.15) is 11.8 Å². The van der Waals surface area contributed by atoms with E-state index in [0.29, 0.717) is 10.8 Å². The molecule has 0 spiro atoms. The van der Waals surface area contributed by atoms with Crippen LogP contribution >= 0.6 is 11.6 Å². The number of amides is 1. The maximum Gasteiger partial charge on any atom is 0.261 e. The Hall–Kier alpha value is -2.93. The normalized spacial score (nSPS) is 12.5. The van der Waals surface area contributed by atoms with Crippen molar-refractivity contribution in [3.8, 4) is 11.5 Å². The van der Waals surface area contributed by atoms with Crippen molar-refractivity contribution in [1.82, 2.24) is 10.2 Å². The van der Waals surface area contributed by atoms with Gasteiger partial charge in [-0.05, 0) is 55.3 Å². The van der Waals surface area contributed by atoms with E-state index in [9.17, 15) is 17.6 Å². The topological polar surface area (TPSA) is 169 Å². The molecule has 2 aromatic rings. The summed E-state index contributed by atoms with van der Waals surface area (Å²) in [6, 6.07) is 7.83. The number of hydroxylamine groups is 1. The molecule has 7 N–H and O–H groups in total. The summed E-state index contributed by atoms with van der Waals surface area (Å²) in [4.78, 5) is 15.4. The van der Waals surface area contributed by atoms with Crippen LogP contribution in [0, 0.1) is 5.82 Å². The van der Waals surface area contributed by atoms with E-state index in [1.54, 1.807) is 17.6 Å². The van der Waals surface area contributed by atoms with Crippen LogP contribution in [0.1, 0.15) is 12.8 Å². The van der Waals surface area contributed by atoms with Crippen LogP contribution < -0.4 is 26.4 Å². The van der Waals surface area contributed by atoms with Gasteiger partial charge in [-0.2, -0.15) is 4.72 Å². The molecule has 168 valence electrons. The van der Waals surface area contributed by atoms with Crippen LogP contribution in [-0.2, 0) is 14.8 Å². The van der Waals surface area contributed by atoms with Gasteiger partial charge in [-0.25, -0.2) is 18.3 Å². The zero-order valence-corrected chi connectivity index (χ0v) is 17.6. The van der Waals surface area contributed by atoms with E-state index in [1.165, 1.54) is 12.1 Å². The second kappa shape index (κ2) is 10.9. The molecule has 1 atom stereocenters. The predicted octanol–water partition coefficient (Wildman–Crippen LogP) is 1.48. The van der Waals surface area contributed by atoms with E-state index in [1.807, 2.05) is 0 Å². The highest BCUT2D eigenvalue weighted by Crippen LogP contribution is 2.27. The van der Waals surface area contributed by atoms with E-state index < -0.39 is 32.7 Å². The van der Waals surface area contributed by atoms with E-state index in [4.69, 9.17) is 29.2 Å². The Morgan fingerprint density at radius 1 is 1.29 bits per heavy atom. The second-order valence-corrected chi connectivity index (χ2v) is 8.39. The van der Waals surface area contributed by atoms with Crippen LogP contribution in [-0.4, -0.2) is 38.1 Å². The van der Waals surface area contributed by atoms with Crippen LogP contribution in [0.3, 0.4) is 0 Å². The lowest BCUT2D eigenvalue weighted by Crippen LogP contribution is -2.45. The third-order valence-corrected chi connectivity index (χ3v) is 5.64. The van der Waals surface area contributed by atoms with Crippen molar-refractivity contribution in [1.29, 1.82) is 0 Å². The highest BCUT2D eigenvalue weighted by Gasteiger charge is 2.26. The molecular formula is C18H21ClFN5O5S. The van der Waals surface area contributed by atoms with E-state index in [-0.39, 0.29) is 31.1 Å². The van der Waals surface area contributed by atoms with Gasteiger partial charge in [0.25, 0.3) is 5.91 Å². The molecule has 2 aromatic carbocycles. The number of halogens is 2. The number of nitrogens with two attached hydrogens (primary N) is 2. The van der Waals surface area contributed by atoms with Crippen LogP contribution in [0.15, 0.2) is 52.4 Å². The summed E-state index contributed by atoms with van der Waals surface area (Å²) in [6.07, 6.45) is 0.212. The molecule has 0 fully saturated rings. The summed E-state index contributed by atoms with van der Waals surface area (Å²) in [5.74, 6) is -1.92. The molecule has 0 aromatic heterocycles. The molecule has 0 aliphatic rings. The molecule has 0 aliphatic carbocycles. The predicted molar refractivity (Wildman–Crippen MR) is 112 cm³/mol. The summed E-state index contributed by atoms with van der Waals surface area (Å²) >= 11 is 5.79. The number of benzene rings is 2. The maximum atomic E-state index is 14.5. The lowest BCUT2D eigenvalue weighted by molar-refractivity contribution is -0.131. The van der Waals surface area contributed by atoms with Crippen LogP contribution in [0.2, 0.25) is 6.45 Å². The first-order valence-corrected chi connectivity index (χ1v) is 10.7. The first-order chi connectivity index (χ1) is 15.1. The second-order valence-electron chi connectivity index (χ2n) is 6.24. The van der Waals surface area contributed by atoms with Crippen molar-refractivity contribution in [3.05, 3.63) is 53.3 Å². The number of rotatable bonds is 11. The van der Waals surface area contributed by atoms with Crippen molar-refractivity contribution >= 4 is 33.5 Å². The average Bonchev–Trinajstić information content (AvgIpc) is 2.73. The van der Waals surface area contributed by atoms with Crippen LogP contribution in [0.4, 0.5) is 4.39 Å². The minimum Gasteiger partial charge on any atom is -0.454 e. The summed E-state index contributed by atoms with van der Waals surface area (Å²) in [7, 11) is -4.32. The summed E-state index contributed by atoms with van der Waals surface area (Å²) in [6.45, 7) is 0.140. The SMILES string of the molecule is [2H]ONC(=O)[C@H](CCCN=C(N)N)NS(=O)(=O)c1ccc(Oc2ccc(Cl)cc2)c(F)c1. The van der Waals surface area contributed by atoms with Gasteiger partial charge >= 0.3 is 0 Å². The lowest BCUT2D eigenvalue weighted by Gasteiger charge is -2.17. The number of hydrogen-bond acceptors (Lipinski definition) is 6. The number of guanidine groups is 1. The van der Waals surface area contributed by atoms with Crippen molar-refractivity contribution in [2.45, 2.75) is 23.8 Å². The highest BCUT2D eigenvalue weighted by molar-refractivity contribution is 7.89. The minimum absolute atomic E-state index is 0.0224. The summed E-state index contributed by atoms with van der Waals surface area (Å²) in [5.41, 5.74) is 12.2. The Kier molecular flexibility index (Phi) is 8.00. The Morgan fingerprint density at radius 3 is 2.61 bits per heavy atom. The number of aliphatic imine (C=N–C) groups is 1. The maximum absolute atomic E-state index is 14.5. The van der Waals surface area contributed by atoms with Crippen molar-refractivity contribution in [3.63, 3.8) is 0 Å².